The van der Waals surface area contributed by atoms with Crippen molar-refractivity contribution < 1.29 is 18.0 Å². The molecule has 2 aromatic heterocycles. The molecule has 5 nitrogen and oxygen atoms in total. The number of amides is 1. The van der Waals surface area contributed by atoms with E-state index in [-0.39, 0.29) is 0 Å². The third-order valence-electron chi connectivity index (χ3n) is 2.33. The Morgan fingerprint density at radius 1 is 1.37 bits per heavy atom. The first kappa shape index (κ1) is 13.4. The van der Waals surface area contributed by atoms with Gasteiger partial charge in [-0.2, -0.15) is 27.7 Å². The van der Waals surface area contributed by atoms with Crippen LogP contribution in [0.4, 0.5) is 18.9 Å². The van der Waals surface area contributed by atoms with Crippen molar-refractivity contribution in [1.82, 2.24) is 14.6 Å². The minimum Gasteiger partial charge on any atom is -0.310 e. The highest BCUT2D eigenvalue weighted by Gasteiger charge is 2.39. The van der Waals surface area contributed by atoms with E-state index in [0.29, 0.717) is 17.2 Å². The number of halogens is 3. The van der Waals surface area contributed by atoms with Gasteiger partial charge in [0.1, 0.15) is 0 Å². The number of carbonyl (C=O) groups is 1. The number of hydrogen-bond donors (Lipinski definition) is 0. The normalized spacial score (nSPS) is 11.4. The first-order chi connectivity index (χ1) is 8.91. The van der Waals surface area contributed by atoms with Crippen molar-refractivity contribution in [3.05, 3.63) is 35.1 Å². The molecule has 2 heterocycles. The minimum absolute atomic E-state index is 0.347. The Bertz CT molecular complexity index is 584. The van der Waals surface area contributed by atoms with E-state index < -0.39 is 23.3 Å². The molecule has 0 N–H and O–H groups in total. The smallest absolute Gasteiger partial charge is 0.310 e. The average molecular weight is 288 g/mol. The molecular formula is C10H7F3N4OS. The van der Waals surface area contributed by atoms with Gasteiger partial charge in [-0.3, -0.25) is 4.79 Å². The first-order valence-corrected chi connectivity index (χ1v) is 5.81. The predicted molar refractivity (Wildman–Crippen MR) is 61.9 cm³/mol. The maximum absolute atomic E-state index is 12.7. The molecule has 0 aromatic carbocycles. The third kappa shape index (κ3) is 2.70. The van der Waals surface area contributed by atoms with Gasteiger partial charge in [-0.05, 0) is 17.6 Å². The molecule has 19 heavy (non-hydrogen) atoms. The Morgan fingerprint density at radius 3 is 2.68 bits per heavy atom. The molecule has 0 aliphatic carbocycles. The lowest BCUT2D eigenvalue weighted by molar-refractivity contribution is -0.140. The van der Waals surface area contributed by atoms with Crippen LogP contribution in [0.1, 0.15) is 16.1 Å². The van der Waals surface area contributed by atoms with Gasteiger partial charge in [0, 0.05) is 12.4 Å². The van der Waals surface area contributed by atoms with Crippen molar-refractivity contribution in [2.45, 2.75) is 6.18 Å². The molecule has 0 unspecified atom stereocenters. The zero-order valence-electron chi connectivity index (χ0n) is 9.55. The second-order valence-corrected chi connectivity index (χ2v) is 4.17. The van der Waals surface area contributed by atoms with Crippen molar-refractivity contribution in [3.8, 4) is 0 Å². The van der Waals surface area contributed by atoms with Crippen molar-refractivity contribution >= 4 is 23.1 Å². The summed E-state index contributed by atoms with van der Waals surface area (Å²) >= 11 is 0.589. The van der Waals surface area contributed by atoms with Gasteiger partial charge in [0.05, 0.1) is 23.6 Å². The van der Waals surface area contributed by atoms with E-state index in [0.717, 1.165) is 10.3 Å². The number of aromatic nitrogens is 3. The number of carbonyl (C=O) groups excluding carboxylic acids is 1. The fourth-order valence-electron chi connectivity index (χ4n) is 1.37. The van der Waals surface area contributed by atoms with Crippen molar-refractivity contribution in [3.63, 3.8) is 0 Å². The summed E-state index contributed by atoms with van der Waals surface area (Å²) in [4.78, 5) is 13.1. The molecule has 9 heteroatoms. The van der Waals surface area contributed by atoms with Crippen LogP contribution in [0.15, 0.2) is 23.8 Å². The summed E-state index contributed by atoms with van der Waals surface area (Å²) in [5.74, 6) is -0.797. The predicted octanol–water partition coefficient (Wildman–Crippen LogP) is 2.23. The number of hydrogen-bond acceptors (Lipinski definition) is 5. The lowest BCUT2D eigenvalue weighted by Gasteiger charge is -2.16. The van der Waals surface area contributed by atoms with Crippen LogP contribution in [0, 0.1) is 0 Å². The van der Waals surface area contributed by atoms with E-state index in [9.17, 15) is 18.0 Å². The van der Waals surface area contributed by atoms with Gasteiger partial charge < -0.3 is 4.90 Å². The van der Waals surface area contributed by atoms with Crippen molar-refractivity contribution in [1.29, 1.82) is 0 Å². The molecule has 0 aliphatic rings. The van der Waals surface area contributed by atoms with Gasteiger partial charge >= 0.3 is 6.18 Å². The monoisotopic (exact) mass is 288 g/mol. The second kappa shape index (κ2) is 4.92. The topological polar surface area (TPSA) is 59.0 Å². The standard InChI is InChI=1S/C10H7F3N4OS/c1-17(6-2-3-14-15-4-6)9(18)7-5-19-16-8(7)10(11,12)13/h2-5H,1H3. The zero-order valence-corrected chi connectivity index (χ0v) is 10.4. The van der Waals surface area contributed by atoms with Crippen LogP contribution >= 0.6 is 11.5 Å². The fraction of sp³-hybridized carbons (Fsp3) is 0.200. The highest BCUT2D eigenvalue weighted by atomic mass is 32.1. The first-order valence-electron chi connectivity index (χ1n) is 4.97. The molecule has 0 radical (unpaired) electrons. The van der Waals surface area contributed by atoms with Gasteiger partial charge in [-0.15, -0.1) is 0 Å². The highest BCUT2D eigenvalue weighted by molar-refractivity contribution is 7.04. The summed E-state index contributed by atoms with van der Waals surface area (Å²) in [5, 5.41) is 8.17. The highest BCUT2D eigenvalue weighted by Crippen LogP contribution is 2.32. The molecule has 0 bridgehead atoms. The van der Waals surface area contributed by atoms with Crippen LogP contribution in [0.5, 0.6) is 0 Å². The second-order valence-electron chi connectivity index (χ2n) is 3.54. The Balaban J connectivity index is 2.33. The maximum atomic E-state index is 12.7. The summed E-state index contributed by atoms with van der Waals surface area (Å²) in [7, 11) is 1.36. The fourth-order valence-corrected chi connectivity index (χ4v) is 2.05. The average Bonchev–Trinajstić information content (AvgIpc) is 2.87. The quantitative estimate of drug-likeness (QED) is 0.850. The van der Waals surface area contributed by atoms with E-state index in [4.69, 9.17) is 0 Å². The Hall–Kier alpha value is -2.03. The summed E-state index contributed by atoms with van der Waals surface area (Å²) in [6, 6.07) is 1.47. The number of alkyl halides is 3. The number of rotatable bonds is 2. The Morgan fingerprint density at radius 2 is 2.11 bits per heavy atom. The summed E-state index contributed by atoms with van der Waals surface area (Å²) in [5.41, 5.74) is -1.30. The minimum atomic E-state index is -4.65. The molecular weight excluding hydrogens is 281 g/mol. The molecule has 100 valence electrons. The summed E-state index contributed by atoms with van der Waals surface area (Å²) in [6.45, 7) is 0. The molecule has 0 fully saturated rings. The van der Waals surface area contributed by atoms with E-state index in [1.807, 2.05) is 0 Å². The molecule has 0 saturated carbocycles. The molecule has 0 saturated heterocycles. The Kier molecular flexibility index (Phi) is 3.47. The summed E-state index contributed by atoms with van der Waals surface area (Å²) < 4.78 is 41.2. The lowest BCUT2D eigenvalue weighted by atomic mass is 10.2. The zero-order chi connectivity index (χ0) is 14.0. The van der Waals surface area contributed by atoms with E-state index in [1.54, 1.807) is 0 Å². The maximum Gasteiger partial charge on any atom is 0.435 e. The van der Waals surface area contributed by atoms with Gasteiger partial charge in [0.2, 0.25) is 0 Å². The third-order valence-corrected chi connectivity index (χ3v) is 2.96. The van der Waals surface area contributed by atoms with Gasteiger partial charge in [-0.25, -0.2) is 0 Å². The van der Waals surface area contributed by atoms with Crippen LogP contribution in [0.3, 0.4) is 0 Å². The van der Waals surface area contributed by atoms with Gasteiger partial charge in [0.15, 0.2) is 5.69 Å². The van der Waals surface area contributed by atoms with Crippen LogP contribution < -0.4 is 4.90 Å². The molecule has 0 aliphatic heterocycles. The number of anilines is 1. The van der Waals surface area contributed by atoms with Crippen LogP contribution in [0.25, 0.3) is 0 Å². The molecule has 0 atom stereocenters. The summed E-state index contributed by atoms with van der Waals surface area (Å²) in [6.07, 6.45) is -2.02. The molecule has 2 aromatic rings. The van der Waals surface area contributed by atoms with Gasteiger partial charge in [0.25, 0.3) is 5.91 Å². The van der Waals surface area contributed by atoms with E-state index in [1.165, 1.54) is 25.5 Å². The van der Waals surface area contributed by atoms with E-state index in [2.05, 4.69) is 14.6 Å². The van der Waals surface area contributed by atoms with E-state index >= 15 is 0 Å². The van der Waals surface area contributed by atoms with Crippen LogP contribution in [-0.4, -0.2) is 27.5 Å². The Labute approximate surface area is 109 Å². The number of nitrogens with zero attached hydrogens (tertiary/aromatic N) is 4. The molecule has 0 spiro atoms. The van der Waals surface area contributed by atoms with Crippen molar-refractivity contribution in [2.24, 2.45) is 0 Å². The molecule has 1 amide bonds. The lowest BCUT2D eigenvalue weighted by Crippen LogP contribution is -2.28. The SMILES string of the molecule is CN(C(=O)c1csnc1C(F)(F)F)c1ccnnc1. The van der Waals surface area contributed by atoms with Crippen LogP contribution in [-0.2, 0) is 6.18 Å². The largest absolute Gasteiger partial charge is 0.435 e. The molecule has 2 rings (SSSR count). The van der Waals surface area contributed by atoms with Gasteiger partial charge in [-0.1, -0.05) is 0 Å². The van der Waals surface area contributed by atoms with Crippen molar-refractivity contribution in [2.75, 3.05) is 11.9 Å². The van der Waals surface area contributed by atoms with Crippen LogP contribution in [0.2, 0.25) is 0 Å².